The fraction of sp³-hybridized carbons (Fsp3) is 0.333. The van der Waals surface area contributed by atoms with E-state index >= 15 is 0 Å². The molecule has 1 aromatic heterocycles. The van der Waals surface area contributed by atoms with Crippen molar-refractivity contribution < 1.29 is 18.3 Å². The lowest BCUT2D eigenvalue weighted by molar-refractivity contribution is -0.137. The molecule has 1 heterocycles. The second-order valence-corrected chi connectivity index (χ2v) is 5.20. The Morgan fingerprint density at radius 1 is 1.25 bits per heavy atom. The van der Waals surface area contributed by atoms with Gasteiger partial charge in [-0.2, -0.15) is 13.2 Å². The number of halogens is 4. The van der Waals surface area contributed by atoms with E-state index in [0.29, 0.717) is 0 Å². The zero-order valence-electron chi connectivity index (χ0n) is 10.6. The van der Waals surface area contributed by atoms with E-state index in [4.69, 9.17) is 11.6 Å². The van der Waals surface area contributed by atoms with Crippen molar-refractivity contribution in [2.75, 3.05) is 0 Å². The van der Waals surface area contributed by atoms with Gasteiger partial charge >= 0.3 is 6.18 Å². The Bertz CT molecular complexity index is 632. The van der Waals surface area contributed by atoms with Crippen LogP contribution in [0.2, 0.25) is 5.02 Å². The summed E-state index contributed by atoms with van der Waals surface area (Å²) in [6, 6.07) is 3.36. The van der Waals surface area contributed by atoms with Gasteiger partial charge in [0, 0.05) is 5.02 Å². The van der Waals surface area contributed by atoms with Gasteiger partial charge < -0.3 is 5.11 Å². The van der Waals surface area contributed by atoms with Crippen molar-refractivity contribution in [2.24, 2.45) is 0 Å². The van der Waals surface area contributed by atoms with Crippen LogP contribution in [0.3, 0.4) is 0 Å². The molecule has 108 valence electrons. The van der Waals surface area contributed by atoms with Crippen LogP contribution in [0, 0.1) is 0 Å². The molecule has 0 bridgehead atoms. The first-order valence-electron chi connectivity index (χ1n) is 5.61. The number of hydrogen-bond donors (Lipinski definition) is 1. The zero-order valence-corrected chi connectivity index (χ0v) is 11.4. The average Bonchev–Trinajstić information content (AvgIpc) is 2.76. The second-order valence-electron chi connectivity index (χ2n) is 4.77. The second kappa shape index (κ2) is 4.75. The first-order valence-corrected chi connectivity index (χ1v) is 5.99. The number of nitrogens with zero attached hydrogens (tertiary/aromatic N) is 3. The highest BCUT2D eigenvalue weighted by Gasteiger charge is 2.35. The quantitative estimate of drug-likeness (QED) is 0.927. The predicted octanol–water partition coefficient (Wildman–Crippen LogP) is 3.17. The van der Waals surface area contributed by atoms with Crippen molar-refractivity contribution in [1.29, 1.82) is 0 Å². The van der Waals surface area contributed by atoms with Crippen LogP contribution in [0.4, 0.5) is 13.2 Å². The molecule has 20 heavy (non-hydrogen) atoms. The van der Waals surface area contributed by atoms with E-state index in [-0.39, 0.29) is 16.4 Å². The molecule has 0 aliphatic heterocycles. The van der Waals surface area contributed by atoms with E-state index in [9.17, 15) is 18.3 Å². The van der Waals surface area contributed by atoms with Gasteiger partial charge in [-0.05, 0) is 32.0 Å². The number of alkyl halides is 3. The Balaban J connectivity index is 2.56. The molecule has 0 radical (unpaired) electrons. The fourth-order valence-corrected chi connectivity index (χ4v) is 1.77. The maximum Gasteiger partial charge on any atom is 0.418 e. The summed E-state index contributed by atoms with van der Waals surface area (Å²) in [5.74, 6) is 0. The Kier molecular flexibility index (Phi) is 3.51. The normalized spacial score (nSPS) is 12.8. The number of aromatic nitrogens is 3. The van der Waals surface area contributed by atoms with Crippen molar-refractivity contribution in [3.63, 3.8) is 0 Å². The van der Waals surface area contributed by atoms with Gasteiger partial charge in [0.25, 0.3) is 0 Å². The molecule has 1 N–H and O–H groups in total. The van der Waals surface area contributed by atoms with E-state index in [0.717, 1.165) is 10.7 Å². The number of hydrogen-bond acceptors (Lipinski definition) is 3. The van der Waals surface area contributed by atoms with Gasteiger partial charge in [-0.3, -0.25) is 0 Å². The molecular formula is C12H11ClF3N3O. The van der Waals surface area contributed by atoms with Crippen LogP contribution in [0.25, 0.3) is 5.69 Å². The highest BCUT2D eigenvalue weighted by molar-refractivity contribution is 6.30. The smallest absolute Gasteiger partial charge is 0.384 e. The number of rotatable bonds is 2. The molecule has 4 nitrogen and oxygen atoms in total. The summed E-state index contributed by atoms with van der Waals surface area (Å²) in [5.41, 5.74) is -2.24. The molecule has 0 saturated heterocycles. The third-order valence-corrected chi connectivity index (χ3v) is 2.87. The maximum atomic E-state index is 13.0. The molecule has 0 fully saturated rings. The summed E-state index contributed by atoms with van der Waals surface area (Å²) in [6.07, 6.45) is -3.32. The maximum absolute atomic E-state index is 13.0. The van der Waals surface area contributed by atoms with E-state index < -0.39 is 17.3 Å². The van der Waals surface area contributed by atoms with Crippen LogP contribution in [-0.4, -0.2) is 20.1 Å². The van der Waals surface area contributed by atoms with Gasteiger partial charge in [0.1, 0.15) is 11.3 Å². The summed E-state index contributed by atoms with van der Waals surface area (Å²) < 4.78 is 39.9. The van der Waals surface area contributed by atoms with Crippen molar-refractivity contribution in [3.8, 4) is 5.69 Å². The topological polar surface area (TPSA) is 50.9 Å². The number of benzene rings is 1. The number of aliphatic hydroxyl groups is 1. The minimum Gasteiger partial charge on any atom is -0.384 e. The molecular weight excluding hydrogens is 295 g/mol. The molecule has 2 aromatic rings. The predicted molar refractivity (Wildman–Crippen MR) is 66.6 cm³/mol. The van der Waals surface area contributed by atoms with Crippen LogP contribution >= 0.6 is 11.6 Å². The minimum absolute atomic E-state index is 0.0242. The molecule has 0 spiro atoms. The first kappa shape index (κ1) is 14.8. The van der Waals surface area contributed by atoms with Crippen molar-refractivity contribution in [2.45, 2.75) is 25.6 Å². The lowest BCUT2D eigenvalue weighted by Gasteiger charge is -2.13. The van der Waals surface area contributed by atoms with Crippen molar-refractivity contribution >= 4 is 11.6 Å². The summed E-state index contributed by atoms with van der Waals surface area (Å²) >= 11 is 5.60. The van der Waals surface area contributed by atoms with E-state index in [2.05, 4.69) is 10.3 Å². The third kappa shape index (κ3) is 2.94. The molecule has 0 amide bonds. The molecule has 0 unspecified atom stereocenters. The summed E-state index contributed by atoms with van der Waals surface area (Å²) in [7, 11) is 0. The Labute approximate surface area is 117 Å². The van der Waals surface area contributed by atoms with Gasteiger partial charge in [-0.15, -0.1) is 5.10 Å². The van der Waals surface area contributed by atoms with E-state index in [1.807, 2.05) is 0 Å². The highest BCUT2D eigenvalue weighted by atomic mass is 35.5. The summed E-state index contributed by atoms with van der Waals surface area (Å²) in [6.45, 7) is 2.93. The lowest BCUT2D eigenvalue weighted by atomic mass is 10.1. The van der Waals surface area contributed by atoms with Crippen LogP contribution in [-0.2, 0) is 11.8 Å². The molecule has 0 atom stereocenters. The largest absolute Gasteiger partial charge is 0.418 e. The third-order valence-electron chi connectivity index (χ3n) is 2.63. The molecule has 0 aliphatic rings. The van der Waals surface area contributed by atoms with Gasteiger partial charge in [-0.1, -0.05) is 16.8 Å². The monoisotopic (exact) mass is 305 g/mol. The molecule has 0 saturated carbocycles. The lowest BCUT2D eigenvalue weighted by Crippen LogP contribution is -2.16. The van der Waals surface area contributed by atoms with Gasteiger partial charge in [0.05, 0.1) is 17.4 Å². The average molecular weight is 306 g/mol. The van der Waals surface area contributed by atoms with Crippen LogP contribution in [0.1, 0.15) is 25.1 Å². The van der Waals surface area contributed by atoms with Crippen LogP contribution < -0.4 is 0 Å². The summed E-state index contributed by atoms with van der Waals surface area (Å²) in [4.78, 5) is 0. The van der Waals surface area contributed by atoms with Crippen LogP contribution in [0.5, 0.6) is 0 Å². The minimum atomic E-state index is -4.57. The van der Waals surface area contributed by atoms with Gasteiger partial charge in [0.15, 0.2) is 0 Å². The van der Waals surface area contributed by atoms with E-state index in [1.165, 1.54) is 32.2 Å². The molecule has 1 aromatic carbocycles. The highest BCUT2D eigenvalue weighted by Crippen LogP contribution is 2.35. The van der Waals surface area contributed by atoms with E-state index in [1.54, 1.807) is 0 Å². The first-order chi connectivity index (χ1) is 9.09. The molecule has 8 heteroatoms. The van der Waals surface area contributed by atoms with Crippen LogP contribution in [0.15, 0.2) is 24.4 Å². The zero-order chi connectivity index (χ0) is 15.1. The Morgan fingerprint density at radius 2 is 1.90 bits per heavy atom. The summed E-state index contributed by atoms with van der Waals surface area (Å²) in [5, 5.41) is 17.0. The Morgan fingerprint density at radius 3 is 2.40 bits per heavy atom. The van der Waals surface area contributed by atoms with Crippen molar-refractivity contribution in [1.82, 2.24) is 15.0 Å². The standard InChI is InChI=1S/C12H11ClF3N3O/c1-11(2,20)10-6-19(18-17-10)9-4-3-7(13)5-8(9)12(14,15)16/h3-6,20H,1-2H3. The molecule has 0 aliphatic carbocycles. The SMILES string of the molecule is CC(C)(O)c1cn(-c2ccc(Cl)cc2C(F)(F)F)nn1. The van der Waals surface area contributed by atoms with Crippen molar-refractivity contribution in [3.05, 3.63) is 40.7 Å². The Hall–Kier alpha value is -1.60. The molecule has 2 rings (SSSR count). The van der Waals surface area contributed by atoms with Gasteiger partial charge in [0.2, 0.25) is 0 Å². The van der Waals surface area contributed by atoms with Gasteiger partial charge in [-0.25, -0.2) is 4.68 Å². The fourth-order valence-electron chi connectivity index (χ4n) is 1.60.